The smallest absolute Gasteiger partial charge is 0.161 e. The standard InChI is InChI=1S/C21H24INO4/c1-24-16-7-12-5-6-23-11-13-8-17(25-2)18(26-3)9-14(13)20(22)21(23)15(12)10-19(16)27-4/h7-10,20-21H,5-6,11H2,1-4H3/t20-,21-/m0/s1. The number of ether oxygens (including phenoxy) is 4. The monoisotopic (exact) mass is 481 g/mol. The SMILES string of the molecule is COc1cc2c(cc1OC)[C@H](I)[C@@H]1c3cc(OC)c(OC)cc3CCN1C2. The quantitative estimate of drug-likeness (QED) is 0.481. The number of fused-ring (bicyclic) bond motifs is 4. The van der Waals surface area contributed by atoms with E-state index in [9.17, 15) is 0 Å². The van der Waals surface area contributed by atoms with Gasteiger partial charge in [-0.3, -0.25) is 4.90 Å². The number of benzene rings is 2. The van der Waals surface area contributed by atoms with Crippen LogP contribution in [0.1, 0.15) is 32.2 Å². The van der Waals surface area contributed by atoms with Crippen LogP contribution in [-0.4, -0.2) is 39.9 Å². The van der Waals surface area contributed by atoms with Crippen molar-refractivity contribution in [1.29, 1.82) is 0 Å². The Morgan fingerprint density at radius 3 is 1.89 bits per heavy atom. The van der Waals surface area contributed by atoms with Gasteiger partial charge in [-0.1, -0.05) is 22.6 Å². The van der Waals surface area contributed by atoms with E-state index in [-0.39, 0.29) is 0 Å². The molecule has 0 saturated heterocycles. The number of methoxy groups -OCH3 is 4. The Morgan fingerprint density at radius 2 is 1.30 bits per heavy atom. The number of hydrogen-bond donors (Lipinski definition) is 0. The van der Waals surface area contributed by atoms with Gasteiger partial charge in [-0.25, -0.2) is 0 Å². The van der Waals surface area contributed by atoms with E-state index < -0.39 is 0 Å². The van der Waals surface area contributed by atoms with Crippen molar-refractivity contribution in [2.45, 2.75) is 22.9 Å². The predicted molar refractivity (Wildman–Crippen MR) is 113 cm³/mol. The van der Waals surface area contributed by atoms with Gasteiger partial charge < -0.3 is 18.9 Å². The van der Waals surface area contributed by atoms with Crippen LogP contribution in [-0.2, 0) is 13.0 Å². The van der Waals surface area contributed by atoms with Gasteiger partial charge in [-0.2, -0.15) is 0 Å². The lowest BCUT2D eigenvalue weighted by Gasteiger charge is -2.44. The minimum atomic E-state index is 0.305. The van der Waals surface area contributed by atoms with Gasteiger partial charge in [-0.15, -0.1) is 0 Å². The zero-order valence-corrected chi connectivity index (χ0v) is 18.2. The lowest BCUT2D eigenvalue weighted by Crippen LogP contribution is -2.40. The first-order chi connectivity index (χ1) is 13.1. The number of alkyl halides is 1. The van der Waals surface area contributed by atoms with Crippen LogP contribution in [0.25, 0.3) is 0 Å². The summed E-state index contributed by atoms with van der Waals surface area (Å²) < 4.78 is 22.4. The second-order valence-corrected chi connectivity index (χ2v) is 8.22. The van der Waals surface area contributed by atoms with E-state index in [2.05, 4.69) is 51.8 Å². The topological polar surface area (TPSA) is 40.2 Å². The Hall–Kier alpha value is -1.67. The van der Waals surface area contributed by atoms with Gasteiger partial charge in [0.05, 0.1) is 38.4 Å². The molecule has 4 rings (SSSR count). The maximum atomic E-state index is 5.57. The Bertz CT molecular complexity index is 870. The van der Waals surface area contributed by atoms with Gasteiger partial charge in [0.25, 0.3) is 0 Å². The fourth-order valence-electron chi connectivity index (χ4n) is 4.27. The Kier molecular flexibility index (Phi) is 5.11. The zero-order chi connectivity index (χ0) is 19.1. The molecular weight excluding hydrogens is 457 g/mol. The van der Waals surface area contributed by atoms with E-state index >= 15 is 0 Å². The van der Waals surface area contributed by atoms with E-state index in [1.807, 2.05) is 0 Å². The summed E-state index contributed by atoms with van der Waals surface area (Å²) in [5, 5.41) is 0. The van der Waals surface area contributed by atoms with Gasteiger partial charge in [0, 0.05) is 13.1 Å². The fraction of sp³-hybridized carbons (Fsp3) is 0.429. The molecule has 2 atom stereocenters. The first-order valence-electron chi connectivity index (χ1n) is 8.99. The third-order valence-electron chi connectivity index (χ3n) is 5.62. The van der Waals surface area contributed by atoms with E-state index in [1.54, 1.807) is 28.4 Å². The largest absolute Gasteiger partial charge is 0.493 e. The molecule has 144 valence electrons. The lowest BCUT2D eigenvalue weighted by atomic mass is 9.83. The molecule has 0 fully saturated rings. The summed E-state index contributed by atoms with van der Waals surface area (Å²) in [7, 11) is 6.76. The highest BCUT2D eigenvalue weighted by atomic mass is 127. The molecule has 2 aliphatic rings. The number of rotatable bonds is 4. The van der Waals surface area contributed by atoms with Crippen molar-refractivity contribution in [2.24, 2.45) is 0 Å². The van der Waals surface area contributed by atoms with E-state index in [4.69, 9.17) is 18.9 Å². The van der Waals surface area contributed by atoms with Crippen molar-refractivity contribution < 1.29 is 18.9 Å². The third kappa shape index (κ3) is 3.02. The van der Waals surface area contributed by atoms with Gasteiger partial charge in [0.2, 0.25) is 0 Å². The molecule has 0 saturated carbocycles. The third-order valence-corrected chi connectivity index (χ3v) is 6.97. The van der Waals surface area contributed by atoms with Crippen LogP contribution in [0, 0.1) is 0 Å². The molecule has 2 aromatic rings. The van der Waals surface area contributed by atoms with Crippen LogP contribution in [0.3, 0.4) is 0 Å². The van der Waals surface area contributed by atoms with Crippen molar-refractivity contribution >= 4 is 22.6 Å². The van der Waals surface area contributed by atoms with Crippen LogP contribution in [0.15, 0.2) is 24.3 Å². The Balaban J connectivity index is 1.81. The minimum Gasteiger partial charge on any atom is -0.493 e. The molecule has 0 radical (unpaired) electrons. The highest BCUT2D eigenvalue weighted by Crippen LogP contribution is 2.52. The molecule has 2 aliphatic heterocycles. The molecule has 0 bridgehead atoms. The normalized spacial score (nSPS) is 20.9. The fourth-order valence-corrected chi connectivity index (χ4v) is 5.69. The molecule has 2 heterocycles. The van der Waals surface area contributed by atoms with Crippen molar-refractivity contribution in [2.75, 3.05) is 35.0 Å². The summed E-state index contributed by atoms with van der Waals surface area (Å²) in [6, 6.07) is 8.86. The minimum absolute atomic E-state index is 0.305. The van der Waals surface area contributed by atoms with Crippen LogP contribution >= 0.6 is 22.6 Å². The molecule has 0 amide bonds. The van der Waals surface area contributed by atoms with Crippen LogP contribution in [0.2, 0.25) is 0 Å². The van der Waals surface area contributed by atoms with E-state index in [1.165, 1.54) is 22.3 Å². The van der Waals surface area contributed by atoms with Gasteiger partial charge in [0.15, 0.2) is 23.0 Å². The molecule has 0 aromatic heterocycles. The highest BCUT2D eigenvalue weighted by Gasteiger charge is 2.39. The average Bonchev–Trinajstić information content (AvgIpc) is 2.71. The molecule has 6 heteroatoms. The summed E-state index contributed by atoms with van der Waals surface area (Å²) in [5.41, 5.74) is 5.31. The molecule has 0 aliphatic carbocycles. The Labute approximate surface area is 173 Å². The second kappa shape index (κ2) is 7.39. The summed E-state index contributed by atoms with van der Waals surface area (Å²) in [5.74, 6) is 3.17. The number of hydrogen-bond acceptors (Lipinski definition) is 5. The first-order valence-corrected chi connectivity index (χ1v) is 10.2. The number of halogens is 1. The molecule has 2 aromatic carbocycles. The number of nitrogens with zero attached hydrogens (tertiary/aromatic N) is 1. The molecular formula is C21H24INO4. The van der Waals surface area contributed by atoms with E-state index in [0.717, 1.165) is 42.5 Å². The van der Waals surface area contributed by atoms with Crippen molar-refractivity contribution in [3.05, 3.63) is 46.5 Å². The zero-order valence-electron chi connectivity index (χ0n) is 16.0. The van der Waals surface area contributed by atoms with E-state index in [0.29, 0.717) is 9.97 Å². The molecule has 0 N–H and O–H groups in total. The van der Waals surface area contributed by atoms with Crippen molar-refractivity contribution in [1.82, 2.24) is 4.90 Å². The highest BCUT2D eigenvalue weighted by molar-refractivity contribution is 14.1. The molecule has 5 nitrogen and oxygen atoms in total. The maximum Gasteiger partial charge on any atom is 0.161 e. The maximum absolute atomic E-state index is 5.57. The summed E-state index contributed by atoms with van der Waals surface area (Å²) in [6.07, 6.45) is 1.01. The summed E-state index contributed by atoms with van der Waals surface area (Å²) in [6.45, 7) is 1.94. The van der Waals surface area contributed by atoms with Crippen molar-refractivity contribution in [3.8, 4) is 23.0 Å². The second-order valence-electron chi connectivity index (χ2n) is 6.88. The Morgan fingerprint density at radius 1 is 0.778 bits per heavy atom. The average molecular weight is 481 g/mol. The van der Waals surface area contributed by atoms with Crippen LogP contribution < -0.4 is 18.9 Å². The lowest BCUT2D eigenvalue weighted by molar-refractivity contribution is 0.161. The van der Waals surface area contributed by atoms with Gasteiger partial charge in [-0.05, 0) is 52.9 Å². The summed E-state index contributed by atoms with van der Waals surface area (Å²) >= 11 is 2.57. The summed E-state index contributed by atoms with van der Waals surface area (Å²) in [4.78, 5) is 2.56. The van der Waals surface area contributed by atoms with Crippen molar-refractivity contribution in [3.63, 3.8) is 0 Å². The van der Waals surface area contributed by atoms with Gasteiger partial charge >= 0.3 is 0 Å². The molecule has 0 unspecified atom stereocenters. The first kappa shape index (κ1) is 18.7. The predicted octanol–water partition coefficient (Wildman–Crippen LogP) is 4.31. The van der Waals surface area contributed by atoms with Crippen LogP contribution in [0.4, 0.5) is 0 Å². The molecule has 0 spiro atoms. The molecule has 27 heavy (non-hydrogen) atoms. The van der Waals surface area contributed by atoms with Crippen LogP contribution in [0.5, 0.6) is 23.0 Å². The van der Waals surface area contributed by atoms with Gasteiger partial charge in [0.1, 0.15) is 0 Å².